The van der Waals surface area contributed by atoms with Gasteiger partial charge in [0.15, 0.2) is 5.82 Å². The number of benzene rings is 1. The predicted molar refractivity (Wildman–Crippen MR) is 102 cm³/mol. The van der Waals surface area contributed by atoms with Crippen LogP contribution in [-0.2, 0) is 0 Å². The summed E-state index contributed by atoms with van der Waals surface area (Å²) in [5.41, 5.74) is 2.26. The third-order valence-corrected chi connectivity index (χ3v) is 4.69. The second-order valence-corrected chi connectivity index (χ2v) is 6.55. The van der Waals surface area contributed by atoms with Crippen molar-refractivity contribution in [1.82, 2.24) is 25.4 Å². The topological polar surface area (TPSA) is 116 Å². The largest absolute Gasteiger partial charge is 0.493 e. The molecule has 1 saturated heterocycles. The molecule has 1 unspecified atom stereocenters. The van der Waals surface area contributed by atoms with Crippen molar-refractivity contribution in [3.05, 3.63) is 59.9 Å². The summed E-state index contributed by atoms with van der Waals surface area (Å²) in [7, 11) is 0. The molecule has 0 aliphatic carbocycles. The third kappa shape index (κ3) is 3.43. The fraction of sp³-hybridized carbons (Fsp3) is 0.200. The second kappa shape index (κ2) is 7.50. The lowest BCUT2D eigenvalue weighted by Gasteiger charge is -2.11. The van der Waals surface area contributed by atoms with Gasteiger partial charge in [0.1, 0.15) is 0 Å². The van der Waals surface area contributed by atoms with Crippen molar-refractivity contribution in [3.8, 4) is 28.9 Å². The highest BCUT2D eigenvalue weighted by molar-refractivity contribution is 5.94. The van der Waals surface area contributed by atoms with Crippen LogP contribution in [0.3, 0.4) is 0 Å². The van der Waals surface area contributed by atoms with E-state index in [2.05, 4.69) is 26.8 Å². The molecule has 1 atom stereocenters. The van der Waals surface area contributed by atoms with Crippen molar-refractivity contribution in [2.75, 3.05) is 13.1 Å². The number of nitrogens with one attached hydrogen (secondary N) is 2. The Bertz CT molecular complexity index is 1030. The molecule has 3 heterocycles. The molecule has 3 aromatic rings. The van der Waals surface area contributed by atoms with E-state index < -0.39 is 0 Å². The number of aromatic hydroxyl groups is 1. The number of nitriles is 1. The monoisotopic (exact) mass is 374 g/mol. The van der Waals surface area contributed by atoms with Crippen LogP contribution in [0.1, 0.15) is 22.3 Å². The van der Waals surface area contributed by atoms with Crippen LogP contribution < -0.4 is 10.6 Å². The van der Waals surface area contributed by atoms with Crippen molar-refractivity contribution in [1.29, 1.82) is 5.26 Å². The summed E-state index contributed by atoms with van der Waals surface area (Å²) >= 11 is 0. The predicted octanol–water partition coefficient (Wildman–Crippen LogP) is 1.60. The summed E-state index contributed by atoms with van der Waals surface area (Å²) in [6.07, 6.45) is 3.91. The molecular weight excluding hydrogens is 356 g/mol. The van der Waals surface area contributed by atoms with Gasteiger partial charge in [-0.1, -0.05) is 12.1 Å². The Morgan fingerprint density at radius 2 is 2.07 bits per heavy atom. The highest BCUT2D eigenvalue weighted by atomic mass is 16.3. The number of rotatable bonds is 4. The molecule has 0 radical (unpaired) electrons. The molecule has 0 saturated carbocycles. The fourth-order valence-electron chi connectivity index (χ4n) is 3.13. The maximum absolute atomic E-state index is 12.3. The average molecular weight is 374 g/mol. The van der Waals surface area contributed by atoms with Crippen molar-refractivity contribution in [2.24, 2.45) is 0 Å². The van der Waals surface area contributed by atoms with Crippen molar-refractivity contribution >= 4 is 5.91 Å². The number of hydrogen-bond donors (Lipinski definition) is 3. The van der Waals surface area contributed by atoms with E-state index in [9.17, 15) is 9.90 Å². The number of carbonyl (C=O) groups is 1. The van der Waals surface area contributed by atoms with Gasteiger partial charge < -0.3 is 15.7 Å². The van der Waals surface area contributed by atoms with E-state index in [1.165, 1.54) is 17.1 Å². The van der Waals surface area contributed by atoms with Crippen LogP contribution in [0.2, 0.25) is 0 Å². The molecule has 1 aliphatic heterocycles. The lowest BCUT2D eigenvalue weighted by Crippen LogP contribution is -2.36. The van der Waals surface area contributed by atoms with Gasteiger partial charge in [0.05, 0.1) is 29.0 Å². The Morgan fingerprint density at radius 3 is 2.71 bits per heavy atom. The molecule has 8 heteroatoms. The standard InChI is InChI=1S/C20H18N6O2/c21-9-13-1-3-14(4-2-13)17-12-24-26(20(17)28)18-6-5-15(10-23-18)19(27)25-16-7-8-22-11-16/h1-6,10,12,16,22,28H,7-8,11H2,(H,25,27). The number of carbonyl (C=O) groups excluding carboxylic acids is 1. The first-order valence-corrected chi connectivity index (χ1v) is 8.91. The summed E-state index contributed by atoms with van der Waals surface area (Å²) in [6.45, 7) is 1.68. The molecular formula is C20H18N6O2. The van der Waals surface area contributed by atoms with Crippen molar-refractivity contribution in [2.45, 2.75) is 12.5 Å². The number of aromatic nitrogens is 3. The summed E-state index contributed by atoms with van der Waals surface area (Å²) in [5.74, 6) is 0.165. The third-order valence-electron chi connectivity index (χ3n) is 4.69. The molecule has 1 amide bonds. The minimum atomic E-state index is -0.171. The molecule has 28 heavy (non-hydrogen) atoms. The lowest BCUT2D eigenvalue weighted by atomic mass is 10.1. The zero-order valence-corrected chi connectivity index (χ0v) is 15.0. The van der Waals surface area contributed by atoms with E-state index in [0.29, 0.717) is 22.5 Å². The Morgan fingerprint density at radius 1 is 1.25 bits per heavy atom. The van der Waals surface area contributed by atoms with Crippen LogP contribution in [0, 0.1) is 11.3 Å². The summed E-state index contributed by atoms with van der Waals surface area (Å²) in [5, 5.41) is 29.8. The maximum atomic E-state index is 12.3. The van der Waals surface area contributed by atoms with E-state index in [1.807, 2.05) is 0 Å². The van der Waals surface area contributed by atoms with Crippen LogP contribution in [-0.4, -0.2) is 44.9 Å². The molecule has 2 aromatic heterocycles. The Labute approximate surface area is 161 Å². The van der Waals surface area contributed by atoms with Gasteiger partial charge in [0, 0.05) is 18.8 Å². The van der Waals surface area contributed by atoms with E-state index in [-0.39, 0.29) is 17.8 Å². The van der Waals surface area contributed by atoms with E-state index in [1.54, 1.807) is 36.4 Å². The maximum Gasteiger partial charge on any atom is 0.253 e. The highest BCUT2D eigenvalue weighted by Crippen LogP contribution is 2.30. The SMILES string of the molecule is N#Cc1ccc(-c2cnn(-c3ccc(C(=O)NC4CCNC4)cn3)c2O)cc1. The van der Waals surface area contributed by atoms with Crippen molar-refractivity contribution < 1.29 is 9.90 Å². The van der Waals surface area contributed by atoms with Gasteiger partial charge in [-0.25, -0.2) is 4.98 Å². The van der Waals surface area contributed by atoms with Crippen LogP contribution in [0.15, 0.2) is 48.8 Å². The molecule has 3 N–H and O–H groups in total. The smallest absolute Gasteiger partial charge is 0.253 e. The normalized spacial score (nSPS) is 15.9. The minimum Gasteiger partial charge on any atom is -0.493 e. The van der Waals surface area contributed by atoms with Gasteiger partial charge in [-0.05, 0) is 42.8 Å². The number of amides is 1. The summed E-state index contributed by atoms with van der Waals surface area (Å²) < 4.78 is 1.30. The average Bonchev–Trinajstić information content (AvgIpc) is 3.38. The Balaban J connectivity index is 1.53. The Hall–Kier alpha value is -3.70. The molecule has 4 rings (SSSR count). The zero-order chi connectivity index (χ0) is 19.5. The summed E-state index contributed by atoms with van der Waals surface area (Å²) in [6, 6.07) is 12.3. The quantitative estimate of drug-likeness (QED) is 0.639. The van der Waals surface area contributed by atoms with Gasteiger partial charge in [-0.15, -0.1) is 0 Å². The molecule has 8 nitrogen and oxygen atoms in total. The number of pyridine rings is 1. The molecule has 0 bridgehead atoms. The van der Waals surface area contributed by atoms with Gasteiger partial charge in [-0.2, -0.15) is 15.0 Å². The van der Waals surface area contributed by atoms with Crippen molar-refractivity contribution in [3.63, 3.8) is 0 Å². The second-order valence-electron chi connectivity index (χ2n) is 6.55. The zero-order valence-electron chi connectivity index (χ0n) is 15.0. The molecule has 140 valence electrons. The Kier molecular flexibility index (Phi) is 4.74. The molecule has 1 fully saturated rings. The lowest BCUT2D eigenvalue weighted by molar-refractivity contribution is 0.0939. The summed E-state index contributed by atoms with van der Waals surface area (Å²) in [4.78, 5) is 16.5. The fourth-order valence-corrected chi connectivity index (χ4v) is 3.13. The van der Waals surface area contributed by atoms with Crippen LogP contribution in [0.25, 0.3) is 16.9 Å². The van der Waals surface area contributed by atoms with Crippen LogP contribution in [0.5, 0.6) is 5.88 Å². The van der Waals surface area contributed by atoms with Gasteiger partial charge in [-0.3, -0.25) is 4.79 Å². The van der Waals surface area contributed by atoms with E-state index in [4.69, 9.17) is 5.26 Å². The number of hydrogen-bond acceptors (Lipinski definition) is 6. The minimum absolute atomic E-state index is 0.0635. The highest BCUT2D eigenvalue weighted by Gasteiger charge is 2.18. The molecule has 1 aromatic carbocycles. The van der Waals surface area contributed by atoms with Gasteiger partial charge in [0.25, 0.3) is 5.91 Å². The van der Waals surface area contributed by atoms with Crippen LogP contribution >= 0.6 is 0 Å². The first kappa shape index (κ1) is 17.7. The first-order chi connectivity index (χ1) is 13.7. The van der Waals surface area contributed by atoms with Gasteiger partial charge >= 0.3 is 0 Å². The molecule has 1 aliphatic rings. The molecule has 0 spiro atoms. The van der Waals surface area contributed by atoms with E-state index in [0.717, 1.165) is 25.1 Å². The number of nitrogens with zero attached hydrogens (tertiary/aromatic N) is 4. The van der Waals surface area contributed by atoms with Crippen LogP contribution in [0.4, 0.5) is 0 Å². The van der Waals surface area contributed by atoms with E-state index >= 15 is 0 Å². The first-order valence-electron chi connectivity index (χ1n) is 8.91. The van der Waals surface area contributed by atoms with Gasteiger partial charge in [0.2, 0.25) is 5.88 Å².